The van der Waals surface area contributed by atoms with Gasteiger partial charge < -0.3 is 9.47 Å². The number of hydrogen-bond donors (Lipinski definition) is 0. The fourth-order valence-corrected chi connectivity index (χ4v) is 5.63. The van der Waals surface area contributed by atoms with Crippen LogP contribution in [0, 0.1) is 0 Å². The lowest BCUT2D eigenvalue weighted by Crippen LogP contribution is -2.43. The lowest BCUT2D eigenvalue weighted by Gasteiger charge is -2.32. The first-order valence-corrected chi connectivity index (χ1v) is 11.4. The third-order valence-electron chi connectivity index (χ3n) is 4.51. The number of alkyl halides is 1. The van der Waals surface area contributed by atoms with Gasteiger partial charge in [0.05, 0.1) is 14.2 Å². The molecule has 0 unspecified atom stereocenters. The zero-order valence-electron chi connectivity index (χ0n) is 16.2. The maximum absolute atomic E-state index is 13.4. The zero-order chi connectivity index (χ0) is 20.9. The van der Waals surface area contributed by atoms with Gasteiger partial charge >= 0.3 is 0 Å². The van der Waals surface area contributed by atoms with Crippen molar-refractivity contribution in [3.8, 4) is 11.5 Å². The topological polar surface area (TPSA) is 55.8 Å². The summed E-state index contributed by atoms with van der Waals surface area (Å²) < 4.78 is 10.5. The summed E-state index contributed by atoms with van der Waals surface area (Å²) in [6, 6.07) is 13.3. The molecule has 1 heterocycles. The summed E-state index contributed by atoms with van der Waals surface area (Å²) in [6.45, 7) is 1.52. The van der Waals surface area contributed by atoms with Crippen LogP contribution in [0.25, 0.3) is 0 Å². The van der Waals surface area contributed by atoms with Gasteiger partial charge in [-0.1, -0.05) is 11.6 Å². The molecular formula is C21H22ClNO4S2. The number of nitrogens with zero attached hydrogens (tertiary/aromatic N) is 1. The van der Waals surface area contributed by atoms with E-state index in [9.17, 15) is 9.59 Å². The van der Waals surface area contributed by atoms with Crippen molar-refractivity contribution in [2.24, 2.45) is 0 Å². The molecule has 0 spiro atoms. The predicted octanol–water partition coefficient (Wildman–Crippen LogP) is 4.40. The van der Waals surface area contributed by atoms with Crippen LogP contribution in [-0.2, 0) is 0 Å². The molecule has 0 amide bonds. The first-order valence-electron chi connectivity index (χ1n) is 9.06. The van der Waals surface area contributed by atoms with Gasteiger partial charge in [0, 0.05) is 35.7 Å². The van der Waals surface area contributed by atoms with Gasteiger partial charge in [-0.15, -0.1) is 0 Å². The molecule has 2 aromatic carbocycles. The molecule has 29 heavy (non-hydrogen) atoms. The summed E-state index contributed by atoms with van der Waals surface area (Å²) in [6.07, 6.45) is 0. The number of halogens is 1. The van der Waals surface area contributed by atoms with Gasteiger partial charge in [0.25, 0.3) is 0 Å². The van der Waals surface area contributed by atoms with Gasteiger partial charge in [-0.05, 0) is 60.5 Å². The molecule has 0 radical (unpaired) electrons. The number of hydrogen-bond acceptors (Lipinski definition) is 7. The average molecular weight is 452 g/mol. The molecule has 5 nitrogen and oxygen atoms in total. The summed E-state index contributed by atoms with van der Waals surface area (Å²) in [5, 5.41) is 0. The minimum absolute atomic E-state index is 0.363. The molecule has 0 atom stereocenters. The number of thioether (sulfide) groups is 1. The molecule has 0 saturated carbocycles. The lowest BCUT2D eigenvalue weighted by molar-refractivity contribution is 0.0881. The third-order valence-corrected chi connectivity index (χ3v) is 7.25. The quantitative estimate of drug-likeness (QED) is 0.255. The smallest absolute Gasteiger partial charge is 0.229 e. The normalized spacial score (nSPS) is 15.0. The van der Waals surface area contributed by atoms with Crippen LogP contribution >= 0.6 is 35.3 Å². The second kappa shape index (κ2) is 9.89. The number of carbonyl (C=O) groups excluding carboxylic acids is 2. The van der Waals surface area contributed by atoms with Gasteiger partial charge in [0.15, 0.2) is 0 Å². The van der Waals surface area contributed by atoms with Crippen LogP contribution < -0.4 is 9.47 Å². The van der Waals surface area contributed by atoms with Crippen LogP contribution in [-0.4, -0.2) is 58.9 Å². The molecule has 2 aromatic rings. The number of Topliss-reactive ketones (excluding diaryl/α,β-unsaturated/α-hetero) is 2. The molecule has 0 N–H and O–H groups in total. The van der Waals surface area contributed by atoms with Crippen molar-refractivity contribution in [1.29, 1.82) is 0 Å². The Hall–Kier alpha value is -1.67. The fourth-order valence-electron chi connectivity index (χ4n) is 2.86. The summed E-state index contributed by atoms with van der Waals surface area (Å²) in [5.41, 5.74) is 0.725. The largest absolute Gasteiger partial charge is 0.497 e. The Morgan fingerprint density at radius 2 is 1.31 bits per heavy atom. The minimum atomic E-state index is -1.79. The number of ketones is 2. The van der Waals surface area contributed by atoms with Crippen LogP contribution in [0.2, 0.25) is 0 Å². The third kappa shape index (κ3) is 5.09. The first kappa shape index (κ1) is 22.0. The SMILES string of the molecule is COc1ccc(C(=O)C(Cl)(SN2CCSCC2)C(=O)c2ccc(OC)cc2)cc1. The van der Waals surface area contributed by atoms with E-state index in [1.807, 2.05) is 16.1 Å². The van der Waals surface area contributed by atoms with Crippen molar-refractivity contribution in [2.45, 2.75) is 4.21 Å². The van der Waals surface area contributed by atoms with Crippen LogP contribution in [0.3, 0.4) is 0 Å². The summed E-state index contributed by atoms with van der Waals surface area (Å²) >= 11 is 9.81. The predicted molar refractivity (Wildman–Crippen MR) is 120 cm³/mol. The molecule has 3 rings (SSSR count). The molecule has 0 aliphatic carbocycles. The molecule has 0 bridgehead atoms. The number of rotatable bonds is 8. The second-order valence-corrected chi connectivity index (χ2v) is 9.67. The van der Waals surface area contributed by atoms with E-state index < -0.39 is 15.8 Å². The molecule has 1 aliphatic heterocycles. The van der Waals surface area contributed by atoms with Crippen LogP contribution in [0.5, 0.6) is 11.5 Å². The molecule has 1 aliphatic rings. The van der Waals surface area contributed by atoms with Crippen LogP contribution in [0.1, 0.15) is 20.7 Å². The standard InChI is InChI=1S/C21H22ClNO4S2/c1-26-17-7-3-15(4-8-17)19(24)21(22,29-23-11-13-28-14-12-23)20(25)16-5-9-18(27-2)10-6-16/h3-10H,11-14H2,1-2H3. The number of methoxy groups -OCH3 is 2. The van der Waals surface area contributed by atoms with Gasteiger partial charge in [-0.3, -0.25) is 9.59 Å². The van der Waals surface area contributed by atoms with Crippen molar-refractivity contribution in [2.75, 3.05) is 38.8 Å². The Morgan fingerprint density at radius 1 is 0.897 bits per heavy atom. The molecule has 8 heteroatoms. The fraction of sp³-hybridized carbons (Fsp3) is 0.333. The number of carbonyl (C=O) groups is 2. The molecule has 1 saturated heterocycles. The van der Waals surface area contributed by atoms with Crippen molar-refractivity contribution in [3.63, 3.8) is 0 Å². The molecule has 1 fully saturated rings. The van der Waals surface area contributed by atoms with E-state index >= 15 is 0 Å². The summed E-state index contributed by atoms with van der Waals surface area (Å²) in [5.74, 6) is 2.26. The van der Waals surface area contributed by atoms with Crippen molar-refractivity contribution < 1.29 is 19.1 Å². The Kier molecular flexibility index (Phi) is 7.51. The van der Waals surface area contributed by atoms with Crippen molar-refractivity contribution in [3.05, 3.63) is 59.7 Å². The number of ether oxygens (including phenoxy) is 2. The van der Waals surface area contributed by atoms with Crippen molar-refractivity contribution in [1.82, 2.24) is 4.31 Å². The van der Waals surface area contributed by atoms with Crippen LogP contribution in [0.4, 0.5) is 0 Å². The molecular weight excluding hydrogens is 430 g/mol. The monoisotopic (exact) mass is 451 g/mol. The van der Waals surface area contributed by atoms with E-state index in [0.717, 1.165) is 36.5 Å². The van der Waals surface area contributed by atoms with Gasteiger partial charge in [0.1, 0.15) is 11.5 Å². The summed E-state index contributed by atoms with van der Waals surface area (Å²) in [7, 11) is 3.11. The highest BCUT2D eigenvalue weighted by Crippen LogP contribution is 2.40. The van der Waals surface area contributed by atoms with E-state index in [-0.39, 0.29) is 0 Å². The van der Waals surface area contributed by atoms with Crippen molar-refractivity contribution >= 4 is 46.9 Å². The molecule has 154 valence electrons. The van der Waals surface area contributed by atoms with Gasteiger partial charge in [0.2, 0.25) is 15.8 Å². The Labute approximate surface area is 184 Å². The lowest BCUT2D eigenvalue weighted by atomic mass is 10.00. The van der Waals surface area contributed by atoms with Crippen LogP contribution in [0.15, 0.2) is 48.5 Å². The summed E-state index contributed by atoms with van der Waals surface area (Å²) in [4.78, 5) is 26.8. The van der Waals surface area contributed by atoms with Gasteiger partial charge in [-0.2, -0.15) is 11.8 Å². The van der Waals surface area contributed by atoms with E-state index in [1.54, 1.807) is 62.8 Å². The Morgan fingerprint density at radius 3 is 1.69 bits per heavy atom. The minimum Gasteiger partial charge on any atom is -0.497 e. The van der Waals surface area contributed by atoms with E-state index in [1.165, 1.54) is 0 Å². The number of benzene rings is 2. The average Bonchev–Trinajstić information content (AvgIpc) is 2.78. The van der Waals surface area contributed by atoms with E-state index in [4.69, 9.17) is 21.1 Å². The molecule has 0 aromatic heterocycles. The maximum atomic E-state index is 13.4. The Bertz CT molecular complexity index is 792. The van der Waals surface area contributed by atoms with E-state index in [2.05, 4.69) is 0 Å². The van der Waals surface area contributed by atoms with Gasteiger partial charge in [-0.25, -0.2) is 4.31 Å². The highest BCUT2D eigenvalue weighted by Gasteiger charge is 2.47. The Balaban J connectivity index is 1.94. The second-order valence-electron chi connectivity index (χ2n) is 6.34. The van der Waals surface area contributed by atoms with E-state index in [0.29, 0.717) is 22.6 Å². The first-order chi connectivity index (χ1) is 14.0. The highest BCUT2D eigenvalue weighted by molar-refractivity contribution is 8.02. The maximum Gasteiger partial charge on any atom is 0.229 e. The zero-order valence-corrected chi connectivity index (χ0v) is 18.6. The highest BCUT2D eigenvalue weighted by atomic mass is 35.5.